The number of amides is 2. The number of benzene rings is 6. The Hall–Kier alpha value is -9.00. The van der Waals surface area contributed by atoms with Crippen LogP contribution in [-0.2, 0) is 9.59 Å². The molecule has 0 saturated heterocycles. The molecule has 6 aromatic carbocycles. The van der Waals surface area contributed by atoms with E-state index in [0.717, 1.165) is 48.5 Å². The van der Waals surface area contributed by atoms with E-state index in [1.54, 1.807) is 48.5 Å². The molecular formula is C64H56F8N4O6. The van der Waals surface area contributed by atoms with Crippen molar-refractivity contribution in [2.24, 2.45) is 5.73 Å². The number of nitrogens with two attached hydrogens (primary N) is 1. The van der Waals surface area contributed by atoms with Crippen molar-refractivity contribution in [2.75, 3.05) is 39.4 Å². The Kier molecular flexibility index (Phi) is 21.4. The van der Waals surface area contributed by atoms with E-state index in [0.29, 0.717) is 62.0 Å². The molecule has 2 amide bonds. The number of halogens is 8. The number of carbonyl (C=O) groups excluding carboxylic acids is 4. The van der Waals surface area contributed by atoms with Gasteiger partial charge >= 0.3 is 0 Å². The van der Waals surface area contributed by atoms with Crippen LogP contribution >= 0.6 is 0 Å². The van der Waals surface area contributed by atoms with E-state index in [4.69, 9.17) is 15.2 Å². The second-order valence-corrected chi connectivity index (χ2v) is 19.1. The molecule has 2 aliphatic rings. The maximum atomic E-state index is 13.9. The molecule has 2 aliphatic carbocycles. The van der Waals surface area contributed by atoms with Crippen LogP contribution in [0, 0.1) is 46.5 Å². The highest BCUT2D eigenvalue weighted by Crippen LogP contribution is 2.32. The van der Waals surface area contributed by atoms with Gasteiger partial charge in [0.25, 0.3) is 11.8 Å². The number of nitrogens with zero attached hydrogens (tertiary/aromatic N) is 1. The molecule has 424 valence electrons. The molecule has 0 radical (unpaired) electrons. The Morgan fingerprint density at radius 3 is 1.06 bits per heavy atom. The number of carbonyl (C=O) groups is 4. The second-order valence-electron chi connectivity index (χ2n) is 19.1. The maximum Gasteiger partial charge on any atom is 0.251 e. The minimum absolute atomic E-state index is 0.117. The first kappa shape index (κ1) is 60.6. The van der Waals surface area contributed by atoms with Gasteiger partial charge in [0.05, 0.1) is 0 Å². The van der Waals surface area contributed by atoms with E-state index in [9.17, 15) is 54.3 Å². The van der Waals surface area contributed by atoms with Crippen LogP contribution in [0.1, 0.15) is 68.7 Å². The van der Waals surface area contributed by atoms with Crippen molar-refractivity contribution in [3.63, 3.8) is 0 Å². The SMILES string of the molecule is C=CCN(CC=C)CCOc1ccc(C(=O)NC2C/C(=C\c3ccc(F)c(F)c3)C(=O)/C(=C/c3ccc(F)c(F)c3)C2)cc1.NCCOc1ccc(C(=O)NC2C/C(=C\c3ccc(F)c(F)c3)C(=O)/C(=C/c3ccc(F)c(F)c3)C2)cc1. The van der Waals surface area contributed by atoms with Gasteiger partial charge < -0.3 is 25.8 Å². The molecule has 0 aliphatic heterocycles. The van der Waals surface area contributed by atoms with Crippen molar-refractivity contribution in [2.45, 2.75) is 37.8 Å². The average Bonchev–Trinajstić information content (AvgIpc) is 3.61. The molecule has 6 aromatic rings. The highest BCUT2D eigenvalue weighted by Gasteiger charge is 2.31. The first-order valence-corrected chi connectivity index (χ1v) is 25.8. The van der Waals surface area contributed by atoms with Gasteiger partial charge in [0.2, 0.25) is 0 Å². The summed E-state index contributed by atoms with van der Waals surface area (Å²) in [5.41, 5.74) is 8.17. The zero-order chi connectivity index (χ0) is 58.9. The summed E-state index contributed by atoms with van der Waals surface area (Å²) in [5.74, 6) is -8.78. The molecule has 0 spiro atoms. The number of ether oxygens (including phenoxy) is 2. The molecule has 2 fully saturated rings. The number of rotatable bonds is 19. The lowest BCUT2D eigenvalue weighted by molar-refractivity contribution is -0.113. The normalized spacial score (nSPS) is 17.1. The first-order chi connectivity index (χ1) is 39.4. The Balaban J connectivity index is 0.000000239. The molecule has 0 bridgehead atoms. The highest BCUT2D eigenvalue weighted by molar-refractivity contribution is 6.15. The summed E-state index contributed by atoms with van der Waals surface area (Å²) >= 11 is 0. The lowest BCUT2D eigenvalue weighted by Gasteiger charge is -2.27. The van der Waals surface area contributed by atoms with Crippen LogP contribution < -0.4 is 25.8 Å². The van der Waals surface area contributed by atoms with E-state index in [-0.39, 0.29) is 70.2 Å². The molecule has 4 N–H and O–H groups in total. The monoisotopic (exact) mass is 1130 g/mol. The van der Waals surface area contributed by atoms with Crippen LogP contribution in [0.3, 0.4) is 0 Å². The van der Waals surface area contributed by atoms with Gasteiger partial charge in [-0.3, -0.25) is 24.1 Å². The van der Waals surface area contributed by atoms with Gasteiger partial charge in [-0.2, -0.15) is 0 Å². The lowest BCUT2D eigenvalue weighted by atomic mass is 9.83. The van der Waals surface area contributed by atoms with E-state index in [1.165, 1.54) is 48.6 Å². The fourth-order valence-electron chi connectivity index (χ4n) is 8.94. The van der Waals surface area contributed by atoms with Gasteiger partial charge in [0.15, 0.2) is 58.1 Å². The van der Waals surface area contributed by atoms with Gasteiger partial charge in [0, 0.05) is 71.7 Å². The van der Waals surface area contributed by atoms with Crippen LogP contribution in [0.4, 0.5) is 35.1 Å². The van der Waals surface area contributed by atoms with Crippen molar-refractivity contribution >= 4 is 47.7 Å². The Labute approximate surface area is 468 Å². The predicted octanol–water partition coefficient (Wildman–Crippen LogP) is 12.1. The molecule has 18 heteroatoms. The summed E-state index contributed by atoms with van der Waals surface area (Å²) in [5, 5.41) is 5.82. The number of hydrogen-bond acceptors (Lipinski definition) is 8. The Morgan fingerprint density at radius 1 is 0.476 bits per heavy atom. The highest BCUT2D eigenvalue weighted by atomic mass is 19.2. The number of nitrogens with one attached hydrogen (secondary N) is 2. The minimum Gasteiger partial charge on any atom is -0.492 e. The molecule has 2 saturated carbocycles. The number of ketones is 2. The Bertz CT molecular complexity index is 3310. The lowest BCUT2D eigenvalue weighted by Crippen LogP contribution is -2.39. The maximum absolute atomic E-state index is 13.9. The smallest absolute Gasteiger partial charge is 0.251 e. The van der Waals surface area contributed by atoms with Crippen molar-refractivity contribution in [3.05, 3.63) is 249 Å². The topological polar surface area (TPSA) is 140 Å². The van der Waals surface area contributed by atoms with E-state index in [1.807, 2.05) is 12.2 Å². The number of Topliss-reactive ketones (excluding diaryl/α,β-unsaturated/α-hetero) is 2. The van der Waals surface area contributed by atoms with Gasteiger partial charge in [0.1, 0.15) is 24.7 Å². The molecular weight excluding hydrogens is 1070 g/mol. The summed E-state index contributed by atoms with van der Waals surface area (Å²) in [6, 6.07) is 25.0. The van der Waals surface area contributed by atoms with Crippen molar-refractivity contribution in [1.82, 2.24) is 15.5 Å². The second kappa shape index (κ2) is 28.9. The summed E-state index contributed by atoms with van der Waals surface area (Å²) in [4.78, 5) is 54.8. The van der Waals surface area contributed by atoms with E-state index >= 15 is 0 Å². The van der Waals surface area contributed by atoms with Crippen LogP contribution in [0.2, 0.25) is 0 Å². The third-order valence-corrected chi connectivity index (χ3v) is 12.9. The first-order valence-electron chi connectivity index (χ1n) is 25.8. The van der Waals surface area contributed by atoms with Crippen LogP contribution in [0.15, 0.2) is 169 Å². The summed E-state index contributed by atoms with van der Waals surface area (Å²) in [7, 11) is 0. The third kappa shape index (κ3) is 17.0. The number of hydrogen-bond donors (Lipinski definition) is 3. The zero-order valence-corrected chi connectivity index (χ0v) is 44.1. The molecule has 8 rings (SSSR count). The quantitative estimate of drug-likeness (QED) is 0.0414. The van der Waals surface area contributed by atoms with Crippen molar-refractivity contribution in [3.8, 4) is 11.5 Å². The van der Waals surface area contributed by atoms with Crippen LogP contribution in [-0.4, -0.2) is 79.8 Å². The minimum atomic E-state index is -1.07. The fourth-order valence-corrected chi connectivity index (χ4v) is 8.94. The van der Waals surface area contributed by atoms with Gasteiger partial charge in [-0.1, -0.05) is 36.4 Å². The molecule has 0 aromatic heterocycles. The van der Waals surface area contributed by atoms with Crippen LogP contribution in [0.5, 0.6) is 11.5 Å². The van der Waals surface area contributed by atoms with Crippen molar-refractivity contribution in [1.29, 1.82) is 0 Å². The molecule has 82 heavy (non-hydrogen) atoms. The van der Waals surface area contributed by atoms with Gasteiger partial charge in [-0.05, 0) is 169 Å². The molecule has 0 atom stereocenters. The third-order valence-electron chi connectivity index (χ3n) is 12.9. The van der Waals surface area contributed by atoms with Gasteiger partial charge in [-0.15, -0.1) is 13.2 Å². The largest absolute Gasteiger partial charge is 0.492 e. The van der Waals surface area contributed by atoms with Crippen molar-refractivity contribution < 1.29 is 63.8 Å². The van der Waals surface area contributed by atoms with Gasteiger partial charge in [-0.25, -0.2) is 35.1 Å². The molecule has 10 nitrogen and oxygen atoms in total. The standard InChI is InChI=1S/C35H32F4N2O3.C29H24F4N2O3/c1-3-13-41(14-4-2)15-16-44-29-9-7-25(8-10-29)35(43)40-28-21-26(17-23-5-11-30(36)32(38)19-23)34(42)27(22-28)18-24-6-12-31(37)33(39)20-24;30-24-7-1-17(13-26(24)32)11-20-15-22(35-29(37)19-3-5-23(6-4-19)38-10-9-34)16-21(28(20)36)12-18-2-8-25(31)27(33)14-18/h3-12,17-20,28H,1-2,13-16,21-22H2,(H,40,43);1-8,11-14,22H,9-10,15-16,34H2,(H,35,37)/b26-17+,27-18+;20-11+,21-12+. The van der Waals surface area contributed by atoms with Crippen LogP contribution in [0.25, 0.3) is 24.3 Å². The predicted molar refractivity (Wildman–Crippen MR) is 298 cm³/mol. The fraction of sp³-hybridized carbons (Fsp3) is 0.188. The molecule has 0 heterocycles. The average molecular weight is 1130 g/mol. The zero-order valence-electron chi connectivity index (χ0n) is 44.1. The summed E-state index contributed by atoms with van der Waals surface area (Å²) in [6.45, 7) is 10.7. The molecule has 0 unspecified atom stereocenters. The van der Waals surface area contributed by atoms with E-state index < -0.39 is 82.0 Å². The summed E-state index contributed by atoms with van der Waals surface area (Å²) in [6.07, 6.45) is 9.80. The Morgan fingerprint density at radius 2 is 0.780 bits per heavy atom. The summed E-state index contributed by atoms with van der Waals surface area (Å²) < 4.78 is 120. The van der Waals surface area contributed by atoms with E-state index in [2.05, 4.69) is 28.7 Å².